The van der Waals surface area contributed by atoms with E-state index in [9.17, 15) is 9.90 Å². The van der Waals surface area contributed by atoms with Gasteiger partial charge in [0.25, 0.3) is 0 Å². The summed E-state index contributed by atoms with van der Waals surface area (Å²) in [5.74, 6) is 0.0478. The van der Waals surface area contributed by atoms with Crippen molar-refractivity contribution in [2.24, 2.45) is 0 Å². The zero-order valence-corrected chi connectivity index (χ0v) is 10.2. The fourth-order valence-electron chi connectivity index (χ4n) is 1.54. The van der Waals surface area contributed by atoms with Crippen LogP contribution in [0.5, 0.6) is 11.5 Å². The Labute approximate surface area is 110 Å². The summed E-state index contributed by atoms with van der Waals surface area (Å²) in [6.45, 7) is 0.300. The van der Waals surface area contributed by atoms with Crippen molar-refractivity contribution >= 4 is 17.9 Å². The fourth-order valence-corrected chi connectivity index (χ4v) is 1.82. The normalized spacial score (nSPS) is 10.1. The minimum atomic E-state index is -0.138. The molecule has 92 valence electrons. The lowest BCUT2D eigenvalue weighted by molar-refractivity contribution is 0.112. The smallest absolute Gasteiger partial charge is 0.180 e. The molecule has 4 heteroatoms. The predicted molar refractivity (Wildman–Crippen MR) is 69.3 cm³/mol. The Morgan fingerprint density at radius 2 is 1.94 bits per heavy atom. The summed E-state index contributed by atoms with van der Waals surface area (Å²) in [5.41, 5.74) is 1.27. The number of aldehydes is 1. The molecule has 0 unspecified atom stereocenters. The van der Waals surface area contributed by atoms with Gasteiger partial charge in [-0.25, -0.2) is 0 Å². The van der Waals surface area contributed by atoms with Crippen LogP contribution in [-0.4, -0.2) is 11.4 Å². The number of hydrogen-bond donors (Lipinski definition) is 1. The average Bonchev–Trinajstić information content (AvgIpc) is 2.38. The topological polar surface area (TPSA) is 46.5 Å². The lowest BCUT2D eigenvalue weighted by Gasteiger charge is -2.10. The molecule has 0 aliphatic rings. The molecule has 0 aliphatic carbocycles. The van der Waals surface area contributed by atoms with Crippen molar-refractivity contribution in [3.8, 4) is 11.5 Å². The highest BCUT2D eigenvalue weighted by molar-refractivity contribution is 6.32. The summed E-state index contributed by atoms with van der Waals surface area (Å²) in [6, 6.07) is 12.3. The van der Waals surface area contributed by atoms with Gasteiger partial charge < -0.3 is 9.84 Å². The van der Waals surface area contributed by atoms with Crippen LogP contribution in [0.2, 0.25) is 5.02 Å². The second-order valence-corrected chi connectivity index (χ2v) is 4.15. The van der Waals surface area contributed by atoms with Gasteiger partial charge in [0.1, 0.15) is 12.9 Å². The van der Waals surface area contributed by atoms with E-state index in [0.717, 1.165) is 5.56 Å². The van der Waals surface area contributed by atoms with E-state index in [-0.39, 0.29) is 16.5 Å². The van der Waals surface area contributed by atoms with Crippen LogP contribution in [0.15, 0.2) is 42.5 Å². The number of halogens is 1. The van der Waals surface area contributed by atoms with Crippen LogP contribution in [0.25, 0.3) is 0 Å². The van der Waals surface area contributed by atoms with Crippen LogP contribution in [0, 0.1) is 0 Å². The van der Waals surface area contributed by atoms with Gasteiger partial charge in [0.15, 0.2) is 11.5 Å². The van der Waals surface area contributed by atoms with Gasteiger partial charge in [0, 0.05) is 5.56 Å². The van der Waals surface area contributed by atoms with Crippen molar-refractivity contribution in [2.45, 2.75) is 6.61 Å². The molecule has 0 heterocycles. The largest absolute Gasteiger partial charge is 0.504 e. The van der Waals surface area contributed by atoms with E-state index in [0.29, 0.717) is 18.5 Å². The summed E-state index contributed by atoms with van der Waals surface area (Å²) in [7, 11) is 0. The van der Waals surface area contributed by atoms with E-state index in [2.05, 4.69) is 0 Å². The molecular weight excluding hydrogens is 252 g/mol. The zero-order chi connectivity index (χ0) is 13.0. The summed E-state index contributed by atoms with van der Waals surface area (Å²) < 4.78 is 5.46. The van der Waals surface area contributed by atoms with Crippen LogP contribution in [-0.2, 0) is 6.61 Å². The number of phenolic OH excluding ortho intramolecular Hbond substituents is 1. The molecule has 1 N–H and O–H groups in total. The molecule has 0 fully saturated rings. The standard InChI is InChI=1S/C14H11ClO3/c15-12-6-11(8-16)7-13(17)14(12)18-9-10-4-2-1-3-5-10/h1-8,17H,9H2. The van der Waals surface area contributed by atoms with Crippen LogP contribution >= 0.6 is 11.6 Å². The van der Waals surface area contributed by atoms with Gasteiger partial charge in [0.2, 0.25) is 0 Å². The summed E-state index contributed by atoms with van der Waals surface area (Å²) in [4.78, 5) is 10.6. The number of benzene rings is 2. The third-order valence-corrected chi connectivity index (χ3v) is 2.69. The maximum absolute atomic E-state index is 10.6. The lowest BCUT2D eigenvalue weighted by atomic mass is 10.2. The maximum atomic E-state index is 10.6. The molecule has 18 heavy (non-hydrogen) atoms. The van der Waals surface area contributed by atoms with Crippen molar-refractivity contribution in [2.75, 3.05) is 0 Å². The second kappa shape index (κ2) is 5.56. The van der Waals surface area contributed by atoms with E-state index in [1.807, 2.05) is 30.3 Å². The monoisotopic (exact) mass is 262 g/mol. The van der Waals surface area contributed by atoms with E-state index >= 15 is 0 Å². The first kappa shape index (κ1) is 12.5. The van der Waals surface area contributed by atoms with Crippen molar-refractivity contribution in [1.29, 1.82) is 0 Å². The molecule has 0 amide bonds. The summed E-state index contributed by atoms with van der Waals surface area (Å²) in [5, 5.41) is 9.93. The number of carbonyl (C=O) groups is 1. The molecule has 0 saturated carbocycles. The summed E-state index contributed by atoms with van der Waals surface area (Å²) in [6.07, 6.45) is 0.618. The van der Waals surface area contributed by atoms with E-state index < -0.39 is 0 Å². The van der Waals surface area contributed by atoms with Crippen molar-refractivity contribution < 1.29 is 14.6 Å². The number of rotatable bonds is 4. The number of aromatic hydroxyl groups is 1. The van der Waals surface area contributed by atoms with Gasteiger partial charge in [-0.1, -0.05) is 41.9 Å². The summed E-state index contributed by atoms with van der Waals surface area (Å²) >= 11 is 5.94. The Morgan fingerprint density at radius 3 is 2.56 bits per heavy atom. The number of ether oxygens (including phenoxy) is 1. The first-order chi connectivity index (χ1) is 8.70. The Kier molecular flexibility index (Phi) is 3.85. The Hall–Kier alpha value is -2.00. The molecule has 0 bridgehead atoms. The highest BCUT2D eigenvalue weighted by Gasteiger charge is 2.10. The molecule has 0 radical (unpaired) electrons. The maximum Gasteiger partial charge on any atom is 0.180 e. The minimum Gasteiger partial charge on any atom is -0.504 e. The third-order valence-electron chi connectivity index (χ3n) is 2.41. The van der Waals surface area contributed by atoms with Crippen molar-refractivity contribution in [3.05, 3.63) is 58.6 Å². The molecule has 0 saturated heterocycles. The number of carbonyl (C=O) groups excluding carboxylic acids is 1. The quantitative estimate of drug-likeness (QED) is 0.859. The Morgan fingerprint density at radius 1 is 1.22 bits per heavy atom. The molecular formula is C14H11ClO3. The molecule has 0 aromatic heterocycles. The van der Waals surface area contributed by atoms with Gasteiger partial charge in [0.05, 0.1) is 5.02 Å². The first-order valence-electron chi connectivity index (χ1n) is 5.35. The van der Waals surface area contributed by atoms with Crippen molar-refractivity contribution in [3.63, 3.8) is 0 Å². The van der Waals surface area contributed by atoms with Crippen LogP contribution in [0.3, 0.4) is 0 Å². The molecule has 0 aliphatic heterocycles. The second-order valence-electron chi connectivity index (χ2n) is 3.74. The van der Waals surface area contributed by atoms with Gasteiger partial charge in [-0.3, -0.25) is 4.79 Å². The van der Waals surface area contributed by atoms with E-state index in [1.54, 1.807) is 0 Å². The number of phenols is 1. The lowest BCUT2D eigenvalue weighted by Crippen LogP contribution is -1.96. The third kappa shape index (κ3) is 2.81. The number of hydrogen-bond acceptors (Lipinski definition) is 3. The Balaban J connectivity index is 2.17. The van der Waals surface area contributed by atoms with Crippen molar-refractivity contribution in [1.82, 2.24) is 0 Å². The van der Waals surface area contributed by atoms with Gasteiger partial charge in [-0.2, -0.15) is 0 Å². The van der Waals surface area contributed by atoms with Crippen LogP contribution in [0.1, 0.15) is 15.9 Å². The molecule has 0 spiro atoms. The van der Waals surface area contributed by atoms with E-state index in [1.165, 1.54) is 12.1 Å². The van der Waals surface area contributed by atoms with Gasteiger partial charge >= 0.3 is 0 Å². The molecule has 2 rings (SSSR count). The highest BCUT2D eigenvalue weighted by Crippen LogP contribution is 2.35. The molecule has 2 aromatic rings. The minimum absolute atomic E-state index is 0.138. The molecule has 3 nitrogen and oxygen atoms in total. The predicted octanol–water partition coefficient (Wildman–Crippen LogP) is 3.44. The van der Waals surface area contributed by atoms with Gasteiger partial charge in [-0.05, 0) is 17.7 Å². The molecule has 0 atom stereocenters. The van der Waals surface area contributed by atoms with Crippen LogP contribution < -0.4 is 4.74 Å². The fraction of sp³-hybridized carbons (Fsp3) is 0.0714. The zero-order valence-electron chi connectivity index (χ0n) is 9.47. The molecule has 2 aromatic carbocycles. The van der Waals surface area contributed by atoms with E-state index in [4.69, 9.17) is 16.3 Å². The Bertz CT molecular complexity index is 529. The SMILES string of the molecule is O=Cc1cc(O)c(OCc2ccccc2)c(Cl)c1. The average molecular weight is 263 g/mol. The van der Waals surface area contributed by atoms with Crippen LogP contribution in [0.4, 0.5) is 0 Å². The highest BCUT2D eigenvalue weighted by atomic mass is 35.5. The van der Waals surface area contributed by atoms with Gasteiger partial charge in [-0.15, -0.1) is 0 Å². The first-order valence-corrected chi connectivity index (χ1v) is 5.73.